The predicted molar refractivity (Wildman–Crippen MR) is 91.7 cm³/mol. The molecular weight excluding hydrogens is 384 g/mol. The molecular formula is C14H15Cl4N3O2. The first-order valence-electron chi connectivity index (χ1n) is 6.67. The monoisotopic (exact) mass is 397 g/mol. The van der Waals surface area contributed by atoms with Gasteiger partial charge in [0.05, 0.1) is 5.02 Å². The molecule has 2 unspecified atom stereocenters. The Labute approximate surface area is 154 Å². The summed E-state index contributed by atoms with van der Waals surface area (Å²) >= 11 is 24.0. The number of hydrogen-bond acceptors (Lipinski definition) is 4. The summed E-state index contributed by atoms with van der Waals surface area (Å²) in [6, 6.07) is 4.79. The van der Waals surface area contributed by atoms with Crippen LogP contribution in [0, 0.1) is 5.41 Å². The maximum atomic E-state index is 10.8. The van der Waals surface area contributed by atoms with Gasteiger partial charge in [0, 0.05) is 22.2 Å². The van der Waals surface area contributed by atoms with Gasteiger partial charge in [0.25, 0.3) is 0 Å². The summed E-state index contributed by atoms with van der Waals surface area (Å²) in [5, 5.41) is 15.6. The van der Waals surface area contributed by atoms with E-state index in [-0.39, 0.29) is 11.8 Å². The SMILES string of the molecule is CC(CCl)(CCl)C(O)C(Oc1ccc(Cl)cc1Cl)n1cncn1. The summed E-state index contributed by atoms with van der Waals surface area (Å²) in [7, 11) is 0. The zero-order valence-electron chi connectivity index (χ0n) is 12.2. The van der Waals surface area contributed by atoms with Crippen molar-refractivity contribution in [3.63, 3.8) is 0 Å². The first kappa shape index (κ1) is 18.6. The number of alkyl halides is 2. The van der Waals surface area contributed by atoms with Gasteiger partial charge in [0.15, 0.2) is 0 Å². The van der Waals surface area contributed by atoms with Gasteiger partial charge in [-0.25, -0.2) is 9.67 Å². The highest BCUT2D eigenvalue weighted by molar-refractivity contribution is 6.35. The maximum absolute atomic E-state index is 10.8. The first-order valence-corrected chi connectivity index (χ1v) is 8.49. The van der Waals surface area contributed by atoms with Crippen molar-refractivity contribution >= 4 is 46.4 Å². The van der Waals surface area contributed by atoms with Crippen molar-refractivity contribution in [1.29, 1.82) is 0 Å². The fourth-order valence-electron chi connectivity index (χ4n) is 1.85. The highest BCUT2D eigenvalue weighted by Gasteiger charge is 2.40. The van der Waals surface area contributed by atoms with Gasteiger partial charge < -0.3 is 9.84 Å². The lowest BCUT2D eigenvalue weighted by Crippen LogP contribution is -2.44. The van der Waals surface area contributed by atoms with E-state index in [0.29, 0.717) is 15.8 Å². The summed E-state index contributed by atoms with van der Waals surface area (Å²) < 4.78 is 7.24. The van der Waals surface area contributed by atoms with E-state index in [1.165, 1.54) is 17.3 Å². The maximum Gasteiger partial charge on any atom is 0.219 e. The van der Waals surface area contributed by atoms with Crippen LogP contribution in [-0.2, 0) is 0 Å². The zero-order chi connectivity index (χ0) is 17.0. The van der Waals surface area contributed by atoms with Gasteiger partial charge >= 0.3 is 0 Å². The second-order valence-corrected chi connectivity index (χ2v) is 6.70. The van der Waals surface area contributed by atoms with E-state index in [0.717, 1.165) is 0 Å². The molecule has 1 aromatic carbocycles. The van der Waals surface area contributed by atoms with Gasteiger partial charge in [-0.05, 0) is 18.2 Å². The van der Waals surface area contributed by atoms with Crippen LogP contribution in [0.5, 0.6) is 5.75 Å². The molecule has 1 heterocycles. The van der Waals surface area contributed by atoms with Crippen LogP contribution in [0.1, 0.15) is 13.2 Å². The fraction of sp³-hybridized carbons (Fsp3) is 0.429. The molecule has 0 amide bonds. The number of ether oxygens (including phenoxy) is 1. The van der Waals surface area contributed by atoms with Crippen molar-refractivity contribution in [2.75, 3.05) is 11.8 Å². The molecule has 1 aromatic heterocycles. The van der Waals surface area contributed by atoms with Crippen molar-refractivity contribution < 1.29 is 9.84 Å². The van der Waals surface area contributed by atoms with E-state index >= 15 is 0 Å². The first-order chi connectivity index (χ1) is 10.9. The lowest BCUT2D eigenvalue weighted by Gasteiger charge is -2.35. The van der Waals surface area contributed by atoms with Crippen LogP contribution in [0.25, 0.3) is 0 Å². The number of benzene rings is 1. The average Bonchev–Trinajstić information content (AvgIpc) is 3.07. The minimum absolute atomic E-state index is 0.139. The molecule has 126 valence electrons. The Kier molecular flexibility index (Phi) is 6.40. The molecule has 0 aliphatic carbocycles. The molecule has 0 fully saturated rings. The van der Waals surface area contributed by atoms with Crippen molar-refractivity contribution in [3.8, 4) is 5.75 Å². The smallest absolute Gasteiger partial charge is 0.219 e. The van der Waals surface area contributed by atoms with Crippen LogP contribution < -0.4 is 4.74 Å². The molecule has 0 saturated heterocycles. The zero-order valence-corrected chi connectivity index (χ0v) is 15.2. The highest BCUT2D eigenvalue weighted by Crippen LogP contribution is 2.36. The number of aliphatic hydroxyl groups is 1. The Hall–Kier alpha value is -0.720. The third kappa shape index (κ3) is 4.22. The molecule has 5 nitrogen and oxygen atoms in total. The molecule has 0 aliphatic heterocycles. The Morgan fingerprint density at radius 3 is 2.52 bits per heavy atom. The summed E-state index contributed by atoms with van der Waals surface area (Å²) in [6.07, 6.45) is 0.816. The van der Waals surface area contributed by atoms with Crippen LogP contribution in [0.3, 0.4) is 0 Å². The second-order valence-electron chi connectivity index (χ2n) is 5.32. The summed E-state index contributed by atoms with van der Waals surface area (Å²) in [6.45, 7) is 1.76. The Morgan fingerprint density at radius 1 is 1.30 bits per heavy atom. The van der Waals surface area contributed by atoms with Crippen molar-refractivity contribution in [2.45, 2.75) is 19.3 Å². The van der Waals surface area contributed by atoms with Crippen LogP contribution >= 0.6 is 46.4 Å². The summed E-state index contributed by atoms with van der Waals surface area (Å²) in [5.74, 6) is 0.628. The quantitative estimate of drug-likeness (QED) is 0.715. The average molecular weight is 399 g/mol. The molecule has 2 aromatic rings. The second kappa shape index (κ2) is 7.90. The van der Waals surface area contributed by atoms with Gasteiger partial charge in [-0.1, -0.05) is 30.1 Å². The van der Waals surface area contributed by atoms with E-state index in [2.05, 4.69) is 10.1 Å². The molecule has 9 heteroatoms. The third-order valence-electron chi connectivity index (χ3n) is 3.43. The fourth-order valence-corrected chi connectivity index (χ4v) is 2.91. The third-order valence-corrected chi connectivity index (χ3v) is 5.19. The molecule has 23 heavy (non-hydrogen) atoms. The lowest BCUT2D eigenvalue weighted by molar-refractivity contribution is -0.0706. The number of halogens is 4. The molecule has 1 N–H and O–H groups in total. The van der Waals surface area contributed by atoms with Crippen molar-refractivity contribution in [3.05, 3.63) is 40.9 Å². The molecule has 2 rings (SSSR count). The Morgan fingerprint density at radius 2 is 2.00 bits per heavy atom. The molecule has 0 saturated carbocycles. The van der Waals surface area contributed by atoms with Crippen LogP contribution in [-0.4, -0.2) is 37.7 Å². The number of nitrogens with zero attached hydrogens (tertiary/aromatic N) is 3. The molecule has 2 atom stereocenters. The van der Waals surface area contributed by atoms with Crippen LogP contribution in [0.4, 0.5) is 0 Å². The van der Waals surface area contributed by atoms with Gasteiger partial charge in [0.1, 0.15) is 24.5 Å². The van der Waals surface area contributed by atoms with E-state index in [9.17, 15) is 5.11 Å². The molecule has 0 aliphatic rings. The van der Waals surface area contributed by atoms with Gasteiger partial charge in [0.2, 0.25) is 6.23 Å². The van der Waals surface area contributed by atoms with Gasteiger partial charge in [-0.15, -0.1) is 23.2 Å². The van der Waals surface area contributed by atoms with Crippen molar-refractivity contribution in [1.82, 2.24) is 14.8 Å². The molecule has 0 bridgehead atoms. The van der Waals surface area contributed by atoms with E-state index in [1.54, 1.807) is 25.1 Å². The van der Waals surface area contributed by atoms with E-state index in [4.69, 9.17) is 51.1 Å². The predicted octanol–water partition coefficient (Wildman–Crippen LogP) is 4.01. The normalized spacial score (nSPS) is 14.5. The standard InChI is InChI=1S/C14H15Cl4N3O2/c1-14(5-15,6-16)12(22)13(21-8-19-7-20-21)23-11-3-2-9(17)4-10(11)18/h2-4,7-8,12-13,22H,5-6H2,1H3. The number of aliphatic hydroxyl groups excluding tert-OH is 1. The van der Waals surface area contributed by atoms with Gasteiger partial charge in [-0.2, -0.15) is 5.10 Å². The number of rotatable bonds is 7. The van der Waals surface area contributed by atoms with Crippen molar-refractivity contribution in [2.24, 2.45) is 5.41 Å². The Balaban J connectivity index is 2.35. The summed E-state index contributed by atoms with van der Waals surface area (Å²) in [4.78, 5) is 3.88. The van der Waals surface area contributed by atoms with E-state index in [1.807, 2.05) is 0 Å². The lowest BCUT2D eigenvalue weighted by atomic mass is 9.87. The largest absolute Gasteiger partial charge is 0.464 e. The number of aromatic nitrogens is 3. The molecule has 0 spiro atoms. The van der Waals surface area contributed by atoms with Gasteiger partial charge in [-0.3, -0.25) is 0 Å². The van der Waals surface area contributed by atoms with Crippen LogP contribution in [0.15, 0.2) is 30.9 Å². The summed E-state index contributed by atoms with van der Waals surface area (Å²) in [5.41, 5.74) is -0.793. The van der Waals surface area contributed by atoms with E-state index < -0.39 is 17.7 Å². The minimum Gasteiger partial charge on any atom is -0.464 e. The minimum atomic E-state index is -1.05. The molecule has 0 radical (unpaired) electrons. The van der Waals surface area contributed by atoms with Crippen LogP contribution in [0.2, 0.25) is 10.0 Å². The Bertz CT molecular complexity index is 635. The topological polar surface area (TPSA) is 60.2 Å². The number of hydrogen-bond donors (Lipinski definition) is 1. The highest BCUT2D eigenvalue weighted by atomic mass is 35.5.